The number of pyridine rings is 1. The highest BCUT2D eigenvalue weighted by atomic mass is 14.6. The maximum atomic E-state index is 4.26. The molecule has 0 aromatic carbocycles. The van der Waals surface area contributed by atoms with Gasteiger partial charge in [0.1, 0.15) is 0 Å². The average molecular weight is 247 g/mol. The zero-order chi connectivity index (χ0) is 13.8. The lowest BCUT2D eigenvalue weighted by molar-refractivity contribution is 0.224. The molecule has 18 heavy (non-hydrogen) atoms. The van der Waals surface area contributed by atoms with Gasteiger partial charge < -0.3 is 0 Å². The predicted molar refractivity (Wildman–Crippen MR) is 79.7 cm³/mol. The first-order chi connectivity index (χ1) is 8.23. The van der Waals surface area contributed by atoms with Crippen molar-refractivity contribution in [3.63, 3.8) is 0 Å². The Kier molecular flexibility index (Phi) is 4.95. The molecule has 0 atom stereocenters. The Bertz CT molecular complexity index is 349. The van der Waals surface area contributed by atoms with Crippen molar-refractivity contribution in [1.82, 2.24) is 4.98 Å². The van der Waals surface area contributed by atoms with Crippen molar-refractivity contribution in [3.8, 4) is 0 Å². The molecule has 1 aromatic heterocycles. The van der Waals surface area contributed by atoms with Crippen molar-refractivity contribution in [3.05, 3.63) is 30.1 Å². The standard InChI is InChI=1S/C17H29N/c1-14(2)9-10-16(3,4)13-17(5,6)15-8-7-11-18-12-15/h7-8,11-12,14H,9-10,13H2,1-6H3. The summed E-state index contributed by atoms with van der Waals surface area (Å²) in [4.78, 5) is 4.26. The monoisotopic (exact) mass is 247 g/mol. The number of nitrogens with zero attached hydrogens (tertiary/aromatic N) is 1. The van der Waals surface area contributed by atoms with Crippen molar-refractivity contribution in [2.24, 2.45) is 11.3 Å². The Labute approximate surface area is 113 Å². The predicted octanol–water partition coefficient (Wildman–Crippen LogP) is 5.21. The van der Waals surface area contributed by atoms with Crippen LogP contribution in [0.2, 0.25) is 0 Å². The third-order valence-corrected chi connectivity index (χ3v) is 3.76. The van der Waals surface area contributed by atoms with Crippen molar-refractivity contribution in [2.75, 3.05) is 0 Å². The molecule has 1 rings (SSSR count). The third kappa shape index (κ3) is 4.80. The summed E-state index contributed by atoms with van der Waals surface area (Å²) >= 11 is 0. The normalized spacial score (nSPS) is 13.1. The maximum Gasteiger partial charge on any atom is 0.0305 e. The molecule has 0 aliphatic rings. The van der Waals surface area contributed by atoms with Gasteiger partial charge >= 0.3 is 0 Å². The molecule has 1 heteroatoms. The van der Waals surface area contributed by atoms with E-state index in [0.717, 1.165) is 5.92 Å². The lowest BCUT2D eigenvalue weighted by atomic mass is 9.69. The topological polar surface area (TPSA) is 12.9 Å². The number of hydrogen-bond donors (Lipinski definition) is 0. The van der Waals surface area contributed by atoms with E-state index in [2.05, 4.69) is 52.6 Å². The summed E-state index contributed by atoms with van der Waals surface area (Å²) in [6.07, 6.45) is 7.69. The summed E-state index contributed by atoms with van der Waals surface area (Å²) in [6.45, 7) is 14.1. The summed E-state index contributed by atoms with van der Waals surface area (Å²) in [7, 11) is 0. The molecular formula is C17H29N. The smallest absolute Gasteiger partial charge is 0.0305 e. The third-order valence-electron chi connectivity index (χ3n) is 3.76. The van der Waals surface area contributed by atoms with Crippen molar-refractivity contribution in [2.45, 2.75) is 66.2 Å². The van der Waals surface area contributed by atoms with Crippen LogP contribution >= 0.6 is 0 Å². The summed E-state index contributed by atoms with van der Waals surface area (Å²) in [5.41, 5.74) is 1.95. The number of rotatable bonds is 6. The molecule has 0 N–H and O–H groups in total. The fraction of sp³-hybridized carbons (Fsp3) is 0.706. The second-order valence-corrected chi connectivity index (χ2v) is 7.40. The molecule has 0 unspecified atom stereocenters. The Morgan fingerprint density at radius 1 is 1.17 bits per heavy atom. The highest BCUT2D eigenvalue weighted by Gasteiger charge is 2.30. The second kappa shape index (κ2) is 5.86. The van der Waals surface area contributed by atoms with Gasteiger partial charge in [0.15, 0.2) is 0 Å². The van der Waals surface area contributed by atoms with Gasteiger partial charge in [0, 0.05) is 12.4 Å². The van der Waals surface area contributed by atoms with Crippen LogP contribution in [-0.4, -0.2) is 4.98 Å². The quantitative estimate of drug-likeness (QED) is 0.672. The van der Waals surface area contributed by atoms with Gasteiger partial charge in [-0.3, -0.25) is 4.98 Å². The summed E-state index contributed by atoms with van der Waals surface area (Å²) in [5, 5.41) is 0. The highest BCUT2D eigenvalue weighted by Crippen LogP contribution is 2.39. The van der Waals surface area contributed by atoms with Gasteiger partial charge in [0.05, 0.1) is 0 Å². The first kappa shape index (κ1) is 15.2. The molecule has 1 nitrogen and oxygen atoms in total. The van der Waals surface area contributed by atoms with Gasteiger partial charge in [0.25, 0.3) is 0 Å². The van der Waals surface area contributed by atoms with E-state index in [0.29, 0.717) is 5.41 Å². The van der Waals surface area contributed by atoms with E-state index in [9.17, 15) is 0 Å². The first-order valence-corrected chi connectivity index (χ1v) is 7.13. The molecule has 0 aliphatic carbocycles. The minimum Gasteiger partial charge on any atom is -0.264 e. The molecule has 0 radical (unpaired) electrons. The SMILES string of the molecule is CC(C)CCC(C)(C)CC(C)(C)c1cccnc1. The molecule has 0 bridgehead atoms. The second-order valence-electron chi connectivity index (χ2n) is 7.40. The average Bonchev–Trinajstić information content (AvgIpc) is 2.26. The van der Waals surface area contributed by atoms with Crippen LogP contribution in [0.25, 0.3) is 0 Å². The van der Waals surface area contributed by atoms with Crippen LogP contribution in [0, 0.1) is 11.3 Å². The molecule has 0 spiro atoms. The van der Waals surface area contributed by atoms with Crippen molar-refractivity contribution in [1.29, 1.82) is 0 Å². The fourth-order valence-corrected chi connectivity index (χ4v) is 2.83. The molecule has 1 aromatic rings. The van der Waals surface area contributed by atoms with Crippen LogP contribution in [0.3, 0.4) is 0 Å². The Morgan fingerprint density at radius 3 is 2.33 bits per heavy atom. The Hall–Kier alpha value is -0.850. The summed E-state index contributed by atoms with van der Waals surface area (Å²) in [5.74, 6) is 0.797. The van der Waals surface area contributed by atoms with E-state index in [1.807, 2.05) is 18.5 Å². The van der Waals surface area contributed by atoms with Crippen LogP contribution in [0.5, 0.6) is 0 Å². The largest absolute Gasteiger partial charge is 0.264 e. The summed E-state index contributed by atoms with van der Waals surface area (Å²) in [6, 6.07) is 4.24. The molecule has 0 fully saturated rings. The minimum atomic E-state index is 0.203. The van der Waals surface area contributed by atoms with Gasteiger partial charge in [-0.25, -0.2) is 0 Å². The summed E-state index contributed by atoms with van der Waals surface area (Å²) < 4.78 is 0. The van der Waals surface area contributed by atoms with Crippen LogP contribution in [0.1, 0.15) is 66.4 Å². The zero-order valence-electron chi connectivity index (χ0n) is 13.0. The van der Waals surface area contributed by atoms with Gasteiger partial charge in [-0.1, -0.05) is 54.0 Å². The molecule has 0 amide bonds. The van der Waals surface area contributed by atoms with E-state index in [1.165, 1.54) is 24.8 Å². The molecule has 0 aliphatic heterocycles. The number of aromatic nitrogens is 1. The van der Waals surface area contributed by atoms with Crippen LogP contribution in [0.15, 0.2) is 24.5 Å². The highest BCUT2D eigenvalue weighted by molar-refractivity contribution is 5.19. The van der Waals surface area contributed by atoms with Gasteiger partial charge in [-0.15, -0.1) is 0 Å². The lowest BCUT2D eigenvalue weighted by Gasteiger charge is -2.35. The first-order valence-electron chi connectivity index (χ1n) is 7.13. The zero-order valence-corrected chi connectivity index (χ0v) is 13.0. The molecule has 1 heterocycles. The van der Waals surface area contributed by atoms with Crippen molar-refractivity contribution < 1.29 is 0 Å². The van der Waals surface area contributed by atoms with Crippen molar-refractivity contribution >= 4 is 0 Å². The van der Waals surface area contributed by atoms with E-state index in [-0.39, 0.29) is 5.41 Å². The van der Waals surface area contributed by atoms with Gasteiger partial charge in [-0.05, 0) is 41.2 Å². The Morgan fingerprint density at radius 2 is 1.83 bits per heavy atom. The molecule has 0 saturated heterocycles. The van der Waals surface area contributed by atoms with Crippen LogP contribution < -0.4 is 0 Å². The van der Waals surface area contributed by atoms with E-state index in [4.69, 9.17) is 0 Å². The minimum absolute atomic E-state index is 0.203. The van der Waals surface area contributed by atoms with Gasteiger partial charge in [-0.2, -0.15) is 0 Å². The lowest BCUT2D eigenvalue weighted by Crippen LogP contribution is -2.27. The molecule has 102 valence electrons. The van der Waals surface area contributed by atoms with Gasteiger partial charge in [0.2, 0.25) is 0 Å². The number of hydrogen-bond acceptors (Lipinski definition) is 1. The molecule has 0 saturated carbocycles. The maximum absolute atomic E-state index is 4.26. The van der Waals surface area contributed by atoms with E-state index >= 15 is 0 Å². The van der Waals surface area contributed by atoms with Crippen LogP contribution in [0.4, 0.5) is 0 Å². The molecular weight excluding hydrogens is 218 g/mol. The fourth-order valence-electron chi connectivity index (χ4n) is 2.83. The Balaban J connectivity index is 2.70. The van der Waals surface area contributed by atoms with E-state index < -0.39 is 0 Å². The van der Waals surface area contributed by atoms with E-state index in [1.54, 1.807) is 0 Å². The van der Waals surface area contributed by atoms with Crippen LogP contribution in [-0.2, 0) is 5.41 Å².